The predicted octanol–water partition coefficient (Wildman–Crippen LogP) is 1.76. The SMILES string of the molecule is COCCOc1cc(C2CCNCC2)ccc1N. The second-order valence-electron chi connectivity index (χ2n) is 4.66. The number of nitrogen functional groups attached to an aromatic ring is 1. The topological polar surface area (TPSA) is 56.5 Å². The molecule has 4 nitrogen and oxygen atoms in total. The molecule has 0 bridgehead atoms. The van der Waals surface area contributed by atoms with Crippen LogP contribution < -0.4 is 15.8 Å². The lowest BCUT2D eigenvalue weighted by atomic mass is 9.90. The maximum absolute atomic E-state index is 5.92. The van der Waals surface area contributed by atoms with Crippen LogP contribution in [0.5, 0.6) is 5.75 Å². The molecule has 0 atom stereocenters. The van der Waals surface area contributed by atoms with Crippen LogP contribution in [0, 0.1) is 0 Å². The van der Waals surface area contributed by atoms with Gasteiger partial charge in [-0.05, 0) is 49.5 Å². The Balaban J connectivity index is 2.04. The summed E-state index contributed by atoms with van der Waals surface area (Å²) < 4.78 is 10.6. The molecule has 1 saturated heterocycles. The predicted molar refractivity (Wildman–Crippen MR) is 73.1 cm³/mol. The summed E-state index contributed by atoms with van der Waals surface area (Å²) in [6, 6.07) is 6.15. The van der Waals surface area contributed by atoms with E-state index in [0.29, 0.717) is 24.8 Å². The van der Waals surface area contributed by atoms with Crippen LogP contribution in [0.4, 0.5) is 5.69 Å². The normalized spacial score (nSPS) is 16.7. The summed E-state index contributed by atoms with van der Waals surface area (Å²) in [6.07, 6.45) is 2.36. The number of ether oxygens (including phenoxy) is 2. The minimum Gasteiger partial charge on any atom is -0.489 e. The van der Waals surface area contributed by atoms with Crippen LogP contribution in [0.3, 0.4) is 0 Å². The van der Waals surface area contributed by atoms with Gasteiger partial charge in [0.2, 0.25) is 0 Å². The molecule has 0 amide bonds. The van der Waals surface area contributed by atoms with Crippen molar-refractivity contribution in [1.29, 1.82) is 0 Å². The van der Waals surface area contributed by atoms with Gasteiger partial charge in [-0.15, -0.1) is 0 Å². The second kappa shape index (κ2) is 6.61. The lowest BCUT2D eigenvalue weighted by molar-refractivity contribution is 0.146. The number of hydrogen-bond donors (Lipinski definition) is 2. The molecule has 1 heterocycles. The Labute approximate surface area is 108 Å². The van der Waals surface area contributed by atoms with Gasteiger partial charge in [-0.1, -0.05) is 6.07 Å². The highest BCUT2D eigenvalue weighted by Crippen LogP contribution is 2.31. The lowest BCUT2D eigenvalue weighted by Gasteiger charge is -2.23. The lowest BCUT2D eigenvalue weighted by Crippen LogP contribution is -2.26. The van der Waals surface area contributed by atoms with Crippen LogP contribution in [0.2, 0.25) is 0 Å². The van der Waals surface area contributed by atoms with Crippen molar-refractivity contribution in [3.63, 3.8) is 0 Å². The van der Waals surface area contributed by atoms with E-state index in [1.54, 1.807) is 7.11 Å². The maximum Gasteiger partial charge on any atom is 0.142 e. The molecule has 1 aliphatic heterocycles. The van der Waals surface area contributed by atoms with Gasteiger partial charge in [0.05, 0.1) is 12.3 Å². The third-order valence-corrected chi connectivity index (χ3v) is 3.39. The molecule has 3 N–H and O–H groups in total. The highest BCUT2D eigenvalue weighted by atomic mass is 16.5. The first-order valence-electron chi connectivity index (χ1n) is 6.53. The zero-order chi connectivity index (χ0) is 12.8. The van der Waals surface area contributed by atoms with Crippen molar-refractivity contribution in [1.82, 2.24) is 5.32 Å². The molecule has 100 valence electrons. The van der Waals surface area contributed by atoms with Crippen LogP contribution in [-0.2, 0) is 4.74 Å². The number of anilines is 1. The number of rotatable bonds is 5. The van der Waals surface area contributed by atoms with Crippen molar-refractivity contribution in [3.8, 4) is 5.75 Å². The fraction of sp³-hybridized carbons (Fsp3) is 0.571. The van der Waals surface area contributed by atoms with E-state index in [1.165, 1.54) is 18.4 Å². The van der Waals surface area contributed by atoms with Gasteiger partial charge < -0.3 is 20.5 Å². The van der Waals surface area contributed by atoms with E-state index < -0.39 is 0 Å². The van der Waals surface area contributed by atoms with Crippen LogP contribution in [-0.4, -0.2) is 33.4 Å². The molecule has 1 fully saturated rings. The maximum atomic E-state index is 5.92. The van der Waals surface area contributed by atoms with Crippen molar-refractivity contribution in [2.24, 2.45) is 0 Å². The number of nitrogens with two attached hydrogens (primary N) is 1. The summed E-state index contributed by atoms with van der Waals surface area (Å²) in [5.41, 5.74) is 7.95. The monoisotopic (exact) mass is 250 g/mol. The van der Waals surface area contributed by atoms with Gasteiger partial charge in [-0.3, -0.25) is 0 Å². The van der Waals surface area contributed by atoms with E-state index in [4.69, 9.17) is 15.2 Å². The minimum absolute atomic E-state index is 0.538. The third kappa shape index (κ3) is 3.37. The van der Waals surface area contributed by atoms with Crippen LogP contribution in [0.1, 0.15) is 24.3 Å². The van der Waals surface area contributed by atoms with Crippen molar-refractivity contribution < 1.29 is 9.47 Å². The van der Waals surface area contributed by atoms with Crippen molar-refractivity contribution in [2.45, 2.75) is 18.8 Å². The number of benzene rings is 1. The van der Waals surface area contributed by atoms with E-state index in [1.807, 2.05) is 6.07 Å². The van der Waals surface area contributed by atoms with Gasteiger partial charge in [0, 0.05) is 7.11 Å². The molecule has 0 saturated carbocycles. The summed E-state index contributed by atoms with van der Waals surface area (Å²) in [5, 5.41) is 3.38. The van der Waals surface area contributed by atoms with Gasteiger partial charge in [-0.25, -0.2) is 0 Å². The third-order valence-electron chi connectivity index (χ3n) is 3.39. The van der Waals surface area contributed by atoms with Crippen molar-refractivity contribution in [2.75, 3.05) is 39.1 Å². The number of piperidine rings is 1. The van der Waals surface area contributed by atoms with Gasteiger partial charge >= 0.3 is 0 Å². The zero-order valence-corrected chi connectivity index (χ0v) is 10.9. The molecule has 0 aromatic heterocycles. The van der Waals surface area contributed by atoms with E-state index in [0.717, 1.165) is 18.8 Å². The molecule has 1 aliphatic rings. The Morgan fingerprint density at radius 3 is 2.78 bits per heavy atom. The number of methoxy groups -OCH3 is 1. The zero-order valence-electron chi connectivity index (χ0n) is 10.9. The van der Waals surface area contributed by atoms with Crippen molar-refractivity contribution >= 4 is 5.69 Å². The van der Waals surface area contributed by atoms with E-state index in [9.17, 15) is 0 Å². The molecule has 0 spiro atoms. The molecule has 1 aromatic rings. The quantitative estimate of drug-likeness (QED) is 0.617. The molecule has 4 heteroatoms. The molecular formula is C14H22N2O2. The summed E-state index contributed by atoms with van der Waals surface area (Å²) in [6.45, 7) is 3.30. The van der Waals surface area contributed by atoms with Crippen LogP contribution in [0.25, 0.3) is 0 Å². The highest BCUT2D eigenvalue weighted by molar-refractivity contribution is 5.54. The van der Waals surface area contributed by atoms with Crippen LogP contribution >= 0.6 is 0 Å². The Morgan fingerprint density at radius 1 is 1.28 bits per heavy atom. The van der Waals surface area contributed by atoms with Gasteiger partial charge in [-0.2, -0.15) is 0 Å². The Bertz CT molecular complexity index is 376. The summed E-state index contributed by atoms with van der Waals surface area (Å²) >= 11 is 0. The number of nitrogens with one attached hydrogen (secondary N) is 1. The van der Waals surface area contributed by atoms with E-state index in [2.05, 4.69) is 17.4 Å². The first-order valence-corrected chi connectivity index (χ1v) is 6.53. The first kappa shape index (κ1) is 13.2. The molecule has 0 unspecified atom stereocenters. The number of hydrogen-bond acceptors (Lipinski definition) is 4. The van der Waals surface area contributed by atoms with Gasteiger partial charge in [0.1, 0.15) is 12.4 Å². The average molecular weight is 250 g/mol. The van der Waals surface area contributed by atoms with Gasteiger partial charge in [0.15, 0.2) is 0 Å². The summed E-state index contributed by atoms with van der Waals surface area (Å²) in [5.74, 6) is 1.40. The Hall–Kier alpha value is -1.26. The average Bonchev–Trinajstić information content (AvgIpc) is 2.42. The fourth-order valence-corrected chi connectivity index (χ4v) is 2.32. The minimum atomic E-state index is 0.538. The first-order chi connectivity index (χ1) is 8.81. The molecule has 0 radical (unpaired) electrons. The molecule has 2 rings (SSSR count). The fourth-order valence-electron chi connectivity index (χ4n) is 2.32. The van der Waals surface area contributed by atoms with E-state index in [-0.39, 0.29) is 0 Å². The molecule has 18 heavy (non-hydrogen) atoms. The van der Waals surface area contributed by atoms with Crippen LogP contribution in [0.15, 0.2) is 18.2 Å². The molecular weight excluding hydrogens is 228 g/mol. The largest absolute Gasteiger partial charge is 0.489 e. The Morgan fingerprint density at radius 2 is 2.06 bits per heavy atom. The standard InChI is InChI=1S/C14H22N2O2/c1-17-8-9-18-14-10-12(2-3-13(14)15)11-4-6-16-7-5-11/h2-3,10-11,16H,4-9,15H2,1H3. The molecule has 1 aromatic carbocycles. The summed E-state index contributed by atoms with van der Waals surface area (Å²) in [7, 11) is 1.66. The summed E-state index contributed by atoms with van der Waals surface area (Å²) in [4.78, 5) is 0. The van der Waals surface area contributed by atoms with E-state index >= 15 is 0 Å². The van der Waals surface area contributed by atoms with Crippen molar-refractivity contribution in [3.05, 3.63) is 23.8 Å². The highest BCUT2D eigenvalue weighted by Gasteiger charge is 2.16. The second-order valence-corrected chi connectivity index (χ2v) is 4.66. The smallest absolute Gasteiger partial charge is 0.142 e. The Kier molecular flexibility index (Phi) is 4.84. The molecule has 0 aliphatic carbocycles. The van der Waals surface area contributed by atoms with Gasteiger partial charge in [0.25, 0.3) is 0 Å².